The van der Waals surface area contributed by atoms with Crippen LogP contribution in [0.15, 0.2) is 0 Å². The molecule has 0 aliphatic carbocycles. The van der Waals surface area contributed by atoms with E-state index in [1.165, 1.54) is 18.3 Å². The number of rotatable bonds is 8. The third-order valence-electron chi connectivity index (χ3n) is 2.73. The Kier molecular flexibility index (Phi) is 6.60. The molecule has 0 spiro atoms. The van der Waals surface area contributed by atoms with E-state index in [9.17, 15) is 9.59 Å². The van der Waals surface area contributed by atoms with Gasteiger partial charge in [0.25, 0.3) is 0 Å². The Balaban J connectivity index is 2.76. The Hall–Kier alpha value is -1.47. The van der Waals surface area contributed by atoms with Crippen molar-refractivity contribution in [3.05, 3.63) is 10.6 Å². The lowest BCUT2D eigenvalue weighted by Crippen LogP contribution is -2.24. The van der Waals surface area contributed by atoms with Crippen molar-refractivity contribution in [1.82, 2.24) is 9.88 Å². The topological polar surface area (TPSA) is 71.5 Å². The van der Waals surface area contributed by atoms with E-state index in [1.54, 1.807) is 6.92 Å². The van der Waals surface area contributed by atoms with E-state index in [0.29, 0.717) is 16.6 Å². The number of carbonyl (C=O) groups excluding carboxylic acids is 2. The Bertz CT molecular complexity index is 473. The van der Waals surface area contributed by atoms with Crippen LogP contribution in [0.3, 0.4) is 0 Å². The summed E-state index contributed by atoms with van der Waals surface area (Å²) >= 11 is 1.19. The van der Waals surface area contributed by atoms with Gasteiger partial charge in [0.05, 0.1) is 6.61 Å². The quantitative estimate of drug-likeness (QED) is 0.584. The second-order valence-electron chi connectivity index (χ2n) is 4.30. The van der Waals surface area contributed by atoms with Crippen LogP contribution in [-0.4, -0.2) is 54.9 Å². The summed E-state index contributed by atoms with van der Waals surface area (Å²) in [5, 5.41) is 3.70. The zero-order valence-corrected chi connectivity index (χ0v) is 13.2. The molecule has 0 aliphatic heterocycles. The number of hydrogen-bond acceptors (Lipinski definition) is 7. The number of aromatic nitrogens is 1. The fourth-order valence-electron chi connectivity index (χ4n) is 1.48. The van der Waals surface area contributed by atoms with Gasteiger partial charge in [-0.05, 0) is 20.5 Å². The summed E-state index contributed by atoms with van der Waals surface area (Å²) < 4.78 is 4.91. The predicted octanol–water partition coefficient (Wildman–Crippen LogP) is 1.89. The summed E-state index contributed by atoms with van der Waals surface area (Å²) in [6.45, 7) is 8.01. The van der Waals surface area contributed by atoms with E-state index in [-0.39, 0.29) is 18.1 Å². The molecule has 1 N–H and O–H groups in total. The van der Waals surface area contributed by atoms with Crippen molar-refractivity contribution in [3.63, 3.8) is 0 Å². The monoisotopic (exact) mass is 299 g/mol. The van der Waals surface area contributed by atoms with E-state index in [2.05, 4.69) is 22.1 Å². The largest absolute Gasteiger partial charge is 0.461 e. The number of nitrogens with zero attached hydrogens (tertiary/aromatic N) is 2. The number of carbonyl (C=O) groups is 2. The normalized spacial score (nSPS) is 10.7. The fourth-order valence-corrected chi connectivity index (χ4v) is 2.36. The summed E-state index contributed by atoms with van der Waals surface area (Å²) in [6.07, 6.45) is 0. The molecular weight excluding hydrogens is 278 g/mol. The van der Waals surface area contributed by atoms with Crippen molar-refractivity contribution in [1.29, 1.82) is 0 Å². The van der Waals surface area contributed by atoms with E-state index in [0.717, 1.165) is 13.1 Å². The zero-order chi connectivity index (χ0) is 15.1. The van der Waals surface area contributed by atoms with Crippen LogP contribution in [0.4, 0.5) is 5.13 Å². The minimum Gasteiger partial charge on any atom is -0.461 e. The molecule has 7 heteroatoms. The second kappa shape index (κ2) is 7.96. The Morgan fingerprint density at radius 2 is 2.10 bits per heavy atom. The van der Waals surface area contributed by atoms with E-state index in [1.807, 2.05) is 7.05 Å². The van der Waals surface area contributed by atoms with Crippen LogP contribution in [0.5, 0.6) is 0 Å². The molecular formula is C13H21N3O3S. The van der Waals surface area contributed by atoms with Gasteiger partial charge in [0.15, 0.2) is 16.6 Å². The molecule has 0 atom stereocenters. The van der Waals surface area contributed by atoms with Crippen LogP contribution in [0.25, 0.3) is 0 Å². The molecule has 0 radical (unpaired) electrons. The Labute approximate surface area is 123 Å². The maximum Gasteiger partial charge on any atom is 0.358 e. The molecule has 1 aromatic rings. The third kappa shape index (κ3) is 4.57. The molecule has 1 heterocycles. The SMILES string of the molecule is CCOC(=O)c1nc(NCCN(C)CC)sc1C(C)=O. The maximum absolute atomic E-state index is 11.7. The summed E-state index contributed by atoms with van der Waals surface area (Å²) in [7, 11) is 2.02. The van der Waals surface area contributed by atoms with Gasteiger partial charge < -0.3 is 15.0 Å². The number of ketones is 1. The molecule has 0 amide bonds. The molecule has 20 heavy (non-hydrogen) atoms. The zero-order valence-electron chi connectivity index (χ0n) is 12.4. The van der Waals surface area contributed by atoms with Crippen molar-refractivity contribution in [2.45, 2.75) is 20.8 Å². The van der Waals surface area contributed by atoms with Gasteiger partial charge >= 0.3 is 5.97 Å². The van der Waals surface area contributed by atoms with Crippen molar-refractivity contribution in [3.8, 4) is 0 Å². The highest BCUT2D eigenvalue weighted by atomic mass is 32.1. The summed E-state index contributed by atoms with van der Waals surface area (Å²) in [5.41, 5.74) is 0.107. The lowest BCUT2D eigenvalue weighted by atomic mass is 10.3. The number of hydrogen-bond donors (Lipinski definition) is 1. The summed E-state index contributed by atoms with van der Waals surface area (Å²) in [6, 6.07) is 0. The van der Waals surface area contributed by atoms with Crippen molar-refractivity contribution < 1.29 is 14.3 Å². The summed E-state index contributed by atoms with van der Waals surface area (Å²) in [5.74, 6) is -0.725. The first-order chi connectivity index (χ1) is 9.49. The van der Waals surface area contributed by atoms with Gasteiger partial charge in [-0.2, -0.15) is 0 Å². The molecule has 6 nitrogen and oxygen atoms in total. The number of anilines is 1. The number of Topliss-reactive ketones (excluding diaryl/α,β-unsaturated/α-hetero) is 1. The van der Waals surface area contributed by atoms with Gasteiger partial charge in [-0.3, -0.25) is 4.79 Å². The standard InChI is InChI=1S/C13H21N3O3S/c1-5-16(4)8-7-14-13-15-10(12(18)19-6-2)11(20-13)9(3)17/h5-8H2,1-4H3,(H,14,15). The van der Waals surface area contributed by atoms with Gasteiger partial charge in [-0.25, -0.2) is 9.78 Å². The molecule has 0 aromatic carbocycles. The average Bonchev–Trinajstić information content (AvgIpc) is 2.83. The molecule has 0 saturated heterocycles. The van der Waals surface area contributed by atoms with E-state index >= 15 is 0 Å². The third-order valence-corrected chi connectivity index (χ3v) is 3.84. The second-order valence-corrected chi connectivity index (χ2v) is 5.30. The molecule has 0 fully saturated rings. The van der Waals surface area contributed by atoms with Gasteiger partial charge in [-0.15, -0.1) is 0 Å². The first-order valence-electron chi connectivity index (χ1n) is 6.60. The Morgan fingerprint density at radius 1 is 1.40 bits per heavy atom. The van der Waals surface area contributed by atoms with Crippen LogP contribution in [-0.2, 0) is 4.74 Å². The van der Waals surface area contributed by atoms with Crippen molar-refractivity contribution in [2.24, 2.45) is 0 Å². The molecule has 1 aromatic heterocycles. The van der Waals surface area contributed by atoms with Crippen LogP contribution >= 0.6 is 11.3 Å². The van der Waals surface area contributed by atoms with Gasteiger partial charge in [0, 0.05) is 20.0 Å². The minimum atomic E-state index is -0.548. The molecule has 0 bridgehead atoms. The van der Waals surface area contributed by atoms with Crippen LogP contribution < -0.4 is 5.32 Å². The van der Waals surface area contributed by atoms with Crippen LogP contribution in [0.2, 0.25) is 0 Å². The van der Waals surface area contributed by atoms with Crippen molar-refractivity contribution >= 4 is 28.2 Å². The molecule has 0 unspecified atom stereocenters. The number of ether oxygens (including phenoxy) is 1. The minimum absolute atomic E-state index is 0.107. The van der Waals surface area contributed by atoms with Crippen molar-refractivity contribution in [2.75, 3.05) is 38.6 Å². The maximum atomic E-state index is 11.7. The average molecular weight is 299 g/mol. The van der Waals surface area contributed by atoms with Crippen LogP contribution in [0.1, 0.15) is 40.9 Å². The highest BCUT2D eigenvalue weighted by Gasteiger charge is 2.22. The first kappa shape index (κ1) is 16.6. The lowest BCUT2D eigenvalue weighted by Gasteiger charge is -2.13. The first-order valence-corrected chi connectivity index (χ1v) is 7.42. The molecule has 112 valence electrons. The number of thiazole rings is 1. The van der Waals surface area contributed by atoms with Gasteiger partial charge in [0.1, 0.15) is 4.88 Å². The molecule has 1 rings (SSSR count). The Morgan fingerprint density at radius 3 is 2.65 bits per heavy atom. The highest BCUT2D eigenvalue weighted by Crippen LogP contribution is 2.24. The van der Waals surface area contributed by atoms with Crippen LogP contribution in [0, 0.1) is 0 Å². The predicted molar refractivity (Wildman–Crippen MR) is 79.7 cm³/mol. The number of esters is 1. The molecule has 0 aliphatic rings. The highest BCUT2D eigenvalue weighted by molar-refractivity contribution is 7.17. The number of nitrogens with one attached hydrogen (secondary N) is 1. The van der Waals surface area contributed by atoms with Gasteiger partial charge in [0.2, 0.25) is 0 Å². The van der Waals surface area contributed by atoms with E-state index < -0.39 is 5.97 Å². The lowest BCUT2D eigenvalue weighted by molar-refractivity contribution is 0.0517. The molecule has 0 saturated carbocycles. The smallest absolute Gasteiger partial charge is 0.358 e. The van der Waals surface area contributed by atoms with E-state index in [4.69, 9.17) is 4.74 Å². The summed E-state index contributed by atoms with van der Waals surface area (Å²) in [4.78, 5) is 29.9. The number of likely N-dealkylation sites (N-methyl/N-ethyl adjacent to an activating group) is 1. The van der Waals surface area contributed by atoms with Gasteiger partial charge in [-0.1, -0.05) is 18.3 Å². The fraction of sp³-hybridized carbons (Fsp3) is 0.615.